The number of hydrogen-bond acceptors (Lipinski definition) is 2. The largest absolute Gasteiger partial charge is 0.345 e. The van der Waals surface area contributed by atoms with E-state index in [0.29, 0.717) is 6.42 Å². The van der Waals surface area contributed by atoms with Gasteiger partial charge in [0, 0.05) is 6.42 Å². The van der Waals surface area contributed by atoms with Crippen LogP contribution in [0.2, 0.25) is 0 Å². The van der Waals surface area contributed by atoms with E-state index in [4.69, 9.17) is 0 Å². The van der Waals surface area contributed by atoms with Gasteiger partial charge in [-0.15, -0.1) is 0 Å². The quantitative estimate of drug-likeness (QED) is 0.825. The highest BCUT2D eigenvalue weighted by Crippen LogP contribution is 2.35. The Morgan fingerprint density at radius 2 is 1.42 bits per heavy atom. The van der Waals surface area contributed by atoms with Gasteiger partial charge in [0.25, 0.3) is 0 Å². The second-order valence-electron chi connectivity index (χ2n) is 5.51. The third kappa shape index (κ3) is 3.15. The molecule has 5 nitrogen and oxygen atoms in total. The first-order valence-electron chi connectivity index (χ1n) is 7.96. The number of carbonyl (C=O) groups is 2. The Morgan fingerprint density at radius 1 is 0.875 bits per heavy atom. The van der Waals surface area contributed by atoms with Crippen LogP contribution in [0.15, 0.2) is 48.5 Å². The van der Waals surface area contributed by atoms with E-state index < -0.39 is 6.03 Å². The van der Waals surface area contributed by atoms with Gasteiger partial charge in [-0.2, -0.15) is 0 Å². The van der Waals surface area contributed by atoms with Crippen molar-refractivity contribution in [3.05, 3.63) is 59.7 Å². The Bertz CT molecular complexity index is 749. The van der Waals surface area contributed by atoms with Gasteiger partial charge >= 0.3 is 6.03 Å². The first-order chi connectivity index (χ1) is 11.7. The minimum atomic E-state index is -0.400. The Morgan fingerprint density at radius 3 is 1.96 bits per heavy atom. The molecule has 0 spiro atoms. The zero-order valence-corrected chi connectivity index (χ0v) is 13.5. The van der Waals surface area contributed by atoms with Crippen LogP contribution < -0.4 is 15.8 Å². The van der Waals surface area contributed by atoms with Crippen molar-refractivity contribution in [3.8, 4) is 0 Å². The second-order valence-corrected chi connectivity index (χ2v) is 5.51. The summed E-state index contributed by atoms with van der Waals surface area (Å²) in [6.45, 7) is 1.91. The molecule has 0 unspecified atom stereocenters. The van der Waals surface area contributed by atoms with Crippen LogP contribution in [0.1, 0.15) is 30.9 Å². The van der Waals surface area contributed by atoms with Crippen LogP contribution in [0.3, 0.4) is 0 Å². The van der Waals surface area contributed by atoms with Crippen molar-refractivity contribution in [1.29, 1.82) is 0 Å². The van der Waals surface area contributed by atoms with Crippen LogP contribution >= 0.6 is 0 Å². The van der Waals surface area contributed by atoms with E-state index in [-0.39, 0.29) is 5.91 Å². The molecule has 1 heterocycles. The second kappa shape index (κ2) is 7.00. The van der Waals surface area contributed by atoms with Crippen LogP contribution in [0, 0.1) is 0 Å². The Balaban J connectivity index is 1.95. The Labute approximate surface area is 141 Å². The fraction of sp³-hybridized carbons (Fsp3) is 0.158. The maximum Gasteiger partial charge on any atom is 0.345 e. The van der Waals surface area contributed by atoms with Gasteiger partial charge in [-0.1, -0.05) is 55.5 Å². The number of fused-ring (bicyclic) bond motifs is 2. The Hall–Kier alpha value is -3.08. The number of nitrogens with one attached hydrogen (secondary N) is 2. The molecule has 0 aromatic heterocycles. The minimum Gasteiger partial charge on any atom is -0.273 e. The third-order valence-corrected chi connectivity index (χ3v) is 3.79. The maximum absolute atomic E-state index is 12.8. The van der Waals surface area contributed by atoms with Gasteiger partial charge in [0.1, 0.15) is 0 Å². The summed E-state index contributed by atoms with van der Waals surface area (Å²) < 4.78 is 0. The molecule has 0 radical (unpaired) electrons. The van der Waals surface area contributed by atoms with E-state index in [9.17, 15) is 9.59 Å². The number of hydrazine groups is 1. The molecule has 2 aromatic rings. The lowest BCUT2D eigenvalue weighted by molar-refractivity contribution is -0.121. The summed E-state index contributed by atoms with van der Waals surface area (Å²) in [6.07, 6.45) is 5.06. The number of rotatable bonds is 2. The molecule has 5 heteroatoms. The maximum atomic E-state index is 12.8. The van der Waals surface area contributed by atoms with Gasteiger partial charge < -0.3 is 0 Å². The summed E-state index contributed by atoms with van der Waals surface area (Å²) in [5.74, 6) is -0.208. The summed E-state index contributed by atoms with van der Waals surface area (Å²) >= 11 is 0. The Kier molecular flexibility index (Phi) is 4.61. The number of amides is 3. The minimum absolute atomic E-state index is 0.208. The number of anilines is 2. The SMILES string of the molecule is CCCC(=O)NNC(=O)N1c2ccccc2C=Cc2ccccc21. The molecule has 2 aromatic carbocycles. The van der Waals surface area contributed by atoms with Crippen LogP contribution in [-0.4, -0.2) is 11.9 Å². The number of carbonyl (C=O) groups excluding carboxylic acids is 2. The monoisotopic (exact) mass is 321 g/mol. The van der Waals surface area contributed by atoms with E-state index in [2.05, 4.69) is 10.9 Å². The highest BCUT2D eigenvalue weighted by Gasteiger charge is 2.23. The topological polar surface area (TPSA) is 61.4 Å². The number of hydrogen-bond donors (Lipinski definition) is 2. The lowest BCUT2D eigenvalue weighted by atomic mass is 10.1. The fourth-order valence-corrected chi connectivity index (χ4v) is 2.66. The molecule has 2 N–H and O–H groups in total. The molecule has 3 amide bonds. The predicted octanol–water partition coefficient (Wildman–Crippen LogP) is 3.85. The van der Waals surface area contributed by atoms with Crippen molar-refractivity contribution in [1.82, 2.24) is 10.9 Å². The van der Waals surface area contributed by atoms with Gasteiger partial charge in [-0.3, -0.25) is 15.1 Å². The van der Waals surface area contributed by atoms with E-state index in [1.165, 1.54) is 0 Å². The van der Waals surface area contributed by atoms with Crippen molar-refractivity contribution in [2.24, 2.45) is 0 Å². The van der Waals surface area contributed by atoms with Gasteiger partial charge in [0.05, 0.1) is 11.4 Å². The fourth-order valence-electron chi connectivity index (χ4n) is 2.66. The zero-order valence-electron chi connectivity index (χ0n) is 13.5. The number of benzene rings is 2. The first kappa shape index (κ1) is 15.8. The average Bonchev–Trinajstić information content (AvgIpc) is 2.77. The van der Waals surface area contributed by atoms with E-state index in [0.717, 1.165) is 28.9 Å². The molecule has 3 rings (SSSR count). The summed E-state index contributed by atoms with van der Waals surface area (Å²) in [7, 11) is 0. The highest BCUT2D eigenvalue weighted by molar-refractivity contribution is 6.05. The van der Waals surface area contributed by atoms with E-state index in [1.54, 1.807) is 4.90 Å². The summed E-state index contributed by atoms with van der Waals surface area (Å²) in [5.41, 5.74) is 8.37. The molecule has 1 aliphatic rings. The molecule has 0 saturated heterocycles. The normalized spacial score (nSPS) is 12.0. The van der Waals surface area contributed by atoms with E-state index >= 15 is 0 Å². The molecule has 0 bridgehead atoms. The molecular weight excluding hydrogens is 302 g/mol. The van der Waals surface area contributed by atoms with Crippen molar-refractivity contribution < 1.29 is 9.59 Å². The highest BCUT2D eigenvalue weighted by atomic mass is 16.2. The lowest BCUT2D eigenvalue weighted by Gasteiger charge is -2.25. The number of urea groups is 1. The van der Waals surface area contributed by atoms with Gasteiger partial charge in [0.2, 0.25) is 5.91 Å². The van der Waals surface area contributed by atoms with Crippen molar-refractivity contribution in [2.45, 2.75) is 19.8 Å². The van der Waals surface area contributed by atoms with E-state index in [1.807, 2.05) is 67.6 Å². The van der Waals surface area contributed by atoms with Crippen LogP contribution in [0.4, 0.5) is 16.2 Å². The average molecular weight is 321 g/mol. The third-order valence-electron chi connectivity index (χ3n) is 3.79. The summed E-state index contributed by atoms with van der Waals surface area (Å²) in [4.78, 5) is 26.0. The van der Waals surface area contributed by atoms with Crippen molar-refractivity contribution >= 4 is 35.5 Å². The summed E-state index contributed by atoms with van der Waals surface area (Å²) in [5, 5.41) is 0. The number of nitrogens with zero attached hydrogens (tertiary/aromatic N) is 1. The molecule has 0 atom stereocenters. The molecular formula is C19H19N3O2. The van der Waals surface area contributed by atoms with Crippen LogP contribution in [0.25, 0.3) is 12.2 Å². The van der Waals surface area contributed by atoms with Gasteiger partial charge in [-0.05, 0) is 29.7 Å². The van der Waals surface area contributed by atoms with Gasteiger partial charge in [0.15, 0.2) is 0 Å². The standard InChI is InChI=1S/C19H19N3O2/c1-2-7-18(23)20-21-19(24)22-16-10-5-3-8-14(16)12-13-15-9-4-6-11-17(15)22/h3-6,8-13H,2,7H2,1H3,(H,20,23)(H,21,24). The van der Waals surface area contributed by atoms with Crippen LogP contribution in [-0.2, 0) is 4.79 Å². The lowest BCUT2D eigenvalue weighted by Crippen LogP contribution is -2.47. The molecule has 1 aliphatic heterocycles. The van der Waals surface area contributed by atoms with Crippen LogP contribution in [0.5, 0.6) is 0 Å². The van der Waals surface area contributed by atoms with Gasteiger partial charge in [-0.25, -0.2) is 10.2 Å². The van der Waals surface area contributed by atoms with Crippen molar-refractivity contribution in [2.75, 3.05) is 4.90 Å². The molecule has 0 aliphatic carbocycles. The molecule has 0 saturated carbocycles. The zero-order chi connectivity index (χ0) is 16.9. The predicted molar refractivity (Wildman–Crippen MR) is 95.5 cm³/mol. The van der Waals surface area contributed by atoms with Crippen molar-refractivity contribution in [3.63, 3.8) is 0 Å². The molecule has 0 fully saturated rings. The first-order valence-corrected chi connectivity index (χ1v) is 7.96. The molecule has 122 valence electrons. The summed E-state index contributed by atoms with van der Waals surface area (Å²) in [6, 6.07) is 14.9. The molecule has 24 heavy (non-hydrogen) atoms. The smallest absolute Gasteiger partial charge is 0.273 e. The number of para-hydroxylation sites is 2.